The Morgan fingerprint density at radius 1 is 1.24 bits per heavy atom. The third kappa shape index (κ3) is 2.42. The van der Waals surface area contributed by atoms with Crippen molar-refractivity contribution in [3.05, 3.63) is 29.6 Å². The van der Waals surface area contributed by atoms with Crippen LogP contribution in [0.2, 0.25) is 0 Å². The van der Waals surface area contributed by atoms with Crippen LogP contribution in [-0.4, -0.2) is 18.1 Å². The van der Waals surface area contributed by atoms with Crippen molar-refractivity contribution in [2.75, 3.05) is 23.7 Å². The zero-order valence-electron chi connectivity index (χ0n) is 10.2. The van der Waals surface area contributed by atoms with Crippen LogP contribution in [0.5, 0.6) is 0 Å². The minimum absolute atomic E-state index is 0.781. The SMILES string of the molecule is CCN(CC)c1nc(-c2ccccc2N)cs1. The number of nitrogens with two attached hydrogens (primary N) is 1. The zero-order valence-corrected chi connectivity index (χ0v) is 11.0. The lowest BCUT2D eigenvalue weighted by atomic mass is 10.1. The average Bonchev–Trinajstić information content (AvgIpc) is 2.81. The van der Waals surface area contributed by atoms with E-state index in [9.17, 15) is 0 Å². The van der Waals surface area contributed by atoms with Crippen LogP contribution in [0, 0.1) is 0 Å². The monoisotopic (exact) mass is 247 g/mol. The number of nitrogens with zero attached hydrogens (tertiary/aromatic N) is 2. The van der Waals surface area contributed by atoms with Crippen LogP contribution in [0.1, 0.15) is 13.8 Å². The van der Waals surface area contributed by atoms with Crippen molar-refractivity contribution in [3.8, 4) is 11.3 Å². The van der Waals surface area contributed by atoms with Gasteiger partial charge in [0.15, 0.2) is 5.13 Å². The number of aromatic nitrogens is 1. The second kappa shape index (κ2) is 5.19. The molecule has 90 valence electrons. The van der Waals surface area contributed by atoms with Gasteiger partial charge in [-0.05, 0) is 19.9 Å². The highest BCUT2D eigenvalue weighted by Gasteiger charge is 2.10. The lowest BCUT2D eigenvalue weighted by Crippen LogP contribution is -2.21. The Balaban J connectivity index is 2.33. The standard InChI is InChI=1S/C13H17N3S/c1-3-16(4-2)13-15-12(9-17-13)10-7-5-6-8-11(10)14/h5-9H,3-4,14H2,1-2H3. The predicted octanol–water partition coefficient (Wildman–Crippen LogP) is 3.24. The molecule has 3 nitrogen and oxygen atoms in total. The number of hydrogen-bond donors (Lipinski definition) is 1. The van der Waals surface area contributed by atoms with E-state index in [0.717, 1.165) is 35.2 Å². The van der Waals surface area contributed by atoms with Gasteiger partial charge in [-0.25, -0.2) is 4.98 Å². The fourth-order valence-electron chi connectivity index (χ4n) is 1.76. The van der Waals surface area contributed by atoms with Gasteiger partial charge in [-0.3, -0.25) is 0 Å². The Morgan fingerprint density at radius 2 is 1.94 bits per heavy atom. The van der Waals surface area contributed by atoms with Gasteiger partial charge in [0, 0.05) is 29.7 Å². The molecule has 0 bridgehead atoms. The Bertz CT molecular complexity index is 489. The molecule has 2 rings (SSSR count). The Hall–Kier alpha value is -1.55. The van der Waals surface area contributed by atoms with E-state index in [0.29, 0.717) is 0 Å². The third-order valence-electron chi connectivity index (χ3n) is 2.76. The Morgan fingerprint density at radius 3 is 2.59 bits per heavy atom. The van der Waals surface area contributed by atoms with Gasteiger partial charge in [-0.15, -0.1) is 11.3 Å². The molecule has 1 aromatic carbocycles. The number of anilines is 2. The quantitative estimate of drug-likeness (QED) is 0.843. The first kappa shape index (κ1) is 11.9. The summed E-state index contributed by atoms with van der Waals surface area (Å²) in [6.07, 6.45) is 0. The van der Waals surface area contributed by atoms with Crippen LogP contribution in [0.3, 0.4) is 0 Å². The number of thiazole rings is 1. The second-order valence-electron chi connectivity index (χ2n) is 3.77. The molecule has 0 radical (unpaired) electrons. The molecular formula is C13H17N3S. The summed E-state index contributed by atoms with van der Waals surface area (Å²) < 4.78 is 0. The van der Waals surface area contributed by atoms with E-state index < -0.39 is 0 Å². The van der Waals surface area contributed by atoms with Crippen molar-refractivity contribution in [1.29, 1.82) is 0 Å². The van der Waals surface area contributed by atoms with Crippen LogP contribution >= 0.6 is 11.3 Å². The van der Waals surface area contributed by atoms with E-state index in [4.69, 9.17) is 5.73 Å². The Kier molecular flexibility index (Phi) is 3.64. The highest BCUT2D eigenvalue weighted by Crippen LogP contribution is 2.30. The first-order chi connectivity index (χ1) is 8.26. The van der Waals surface area contributed by atoms with E-state index in [1.807, 2.05) is 24.3 Å². The van der Waals surface area contributed by atoms with Gasteiger partial charge in [-0.2, -0.15) is 0 Å². The first-order valence-corrected chi connectivity index (χ1v) is 6.69. The molecule has 0 saturated heterocycles. The van der Waals surface area contributed by atoms with Crippen molar-refractivity contribution < 1.29 is 0 Å². The van der Waals surface area contributed by atoms with E-state index in [1.54, 1.807) is 11.3 Å². The third-order valence-corrected chi connectivity index (χ3v) is 3.66. The molecule has 0 unspecified atom stereocenters. The molecule has 0 aliphatic heterocycles. The lowest BCUT2D eigenvalue weighted by molar-refractivity contribution is 0.860. The minimum Gasteiger partial charge on any atom is -0.398 e. The lowest BCUT2D eigenvalue weighted by Gasteiger charge is -2.16. The largest absolute Gasteiger partial charge is 0.398 e. The highest BCUT2D eigenvalue weighted by atomic mass is 32.1. The smallest absolute Gasteiger partial charge is 0.185 e. The molecule has 2 aromatic rings. The molecule has 0 saturated carbocycles. The molecule has 0 fully saturated rings. The van der Waals surface area contributed by atoms with E-state index in [-0.39, 0.29) is 0 Å². The number of nitrogen functional groups attached to an aromatic ring is 1. The summed E-state index contributed by atoms with van der Waals surface area (Å²) in [6, 6.07) is 7.85. The summed E-state index contributed by atoms with van der Waals surface area (Å²) in [5.41, 5.74) is 8.72. The maximum absolute atomic E-state index is 5.95. The van der Waals surface area contributed by atoms with Crippen LogP contribution in [0.15, 0.2) is 29.6 Å². The van der Waals surface area contributed by atoms with Gasteiger partial charge in [-0.1, -0.05) is 18.2 Å². The number of benzene rings is 1. The van der Waals surface area contributed by atoms with Crippen molar-refractivity contribution in [3.63, 3.8) is 0 Å². The van der Waals surface area contributed by atoms with Crippen molar-refractivity contribution >= 4 is 22.2 Å². The number of hydrogen-bond acceptors (Lipinski definition) is 4. The molecule has 0 amide bonds. The van der Waals surface area contributed by atoms with E-state index in [2.05, 4.69) is 29.1 Å². The predicted molar refractivity (Wildman–Crippen MR) is 75.5 cm³/mol. The van der Waals surface area contributed by atoms with Crippen LogP contribution in [0.4, 0.5) is 10.8 Å². The molecule has 2 N–H and O–H groups in total. The number of para-hydroxylation sites is 1. The molecule has 17 heavy (non-hydrogen) atoms. The van der Waals surface area contributed by atoms with E-state index in [1.165, 1.54) is 0 Å². The molecule has 0 atom stereocenters. The normalized spacial score (nSPS) is 10.5. The fourth-order valence-corrected chi connectivity index (χ4v) is 2.71. The fraction of sp³-hybridized carbons (Fsp3) is 0.308. The summed E-state index contributed by atoms with van der Waals surface area (Å²) in [6.45, 7) is 6.24. The van der Waals surface area contributed by atoms with Crippen molar-refractivity contribution in [2.45, 2.75) is 13.8 Å². The summed E-state index contributed by atoms with van der Waals surface area (Å²) in [7, 11) is 0. The maximum Gasteiger partial charge on any atom is 0.185 e. The van der Waals surface area contributed by atoms with Crippen LogP contribution in [0.25, 0.3) is 11.3 Å². The molecule has 0 aliphatic carbocycles. The summed E-state index contributed by atoms with van der Waals surface area (Å²) >= 11 is 1.67. The molecule has 1 heterocycles. The molecule has 0 spiro atoms. The van der Waals surface area contributed by atoms with Crippen LogP contribution in [-0.2, 0) is 0 Å². The average molecular weight is 247 g/mol. The zero-order chi connectivity index (χ0) is 12.3. The summed E-state index contributed by atoms with van der Waals surface area (Å²) in [5.74, 6) is 0. The molecular weight excluding hydrogens is 230 g/mol. The van der Waals surface area contributed by atoms with Gasteiger partial charge < -0.3 is 10.6 Å². The Labute approximate surface area is 106 Å². The number of rotatable bonds is 4. The molecule has 4 heteroatoms. The molecule has 0 aliphatic rings. The van der Waals surface area contributed by atoms with Gasteiger partial charge in [0.1, 0.15) is 0 Å². The topological polar surface area (TPSA) is 42.2 Å². The first-order valence-electron chi connectivity index (χ1n) is 5.81. The van der Waals surface area contributed by atoms with Gasteiger partial charge in [0.2, 0.25) is 0 Å². The molecule has 1 aromatic heterocycles. The van der Waals surface area contributed by atoms with Gasteiger partial charge >= 0.3 is 0 Å². The second-order valence-corrected chi connectivity index (χ2v) is 4.61. The summed E-state index contributed by atoms with van der Waals surface area (Å²) in [4.78, 5) is 6.89. The van der Waals surface area contributed by atoms with Crippen molar-refractivity contribution in [2.24, 2.45) is 0 Å². The highest BCUT2D eigenvalue weighted by molar-refractivity contribution is 7.14. The van der Waals surface area contributed by atoms with Crippen LogP contribution < -0.4 is 10.6 Å². The summed E-state index contributed by atoms with van der Waals surface area (Å²) in [5, 5.41) is 3.13. The van der Waals surface area contributed by atoms with Crippen molar-refractivity contribution in [1.82, 2.24) is 4.98 Å². The van der Waals surface area contributed by atoms with Gasteiger partial charge in [0.05, 0.1) is 5.69 Å². The minimum atomic E-state index is 0.781. The van der Waals surface area contributed by atoms with Gasteiger partial charge in [0.25, 0.3) is 0 Å². The maximum atomic E-state index is 5.95. The van der Waals surface area contributed by atoms with E-state index >= 15 is 0 Å².